The highest BCUT2D eigenvalue weighted by Crippen LogP contribution is 2.33. The number of nitrogens with zero attached hydrogens (tertiary/aromatic N) is 2. The number of amides is 2. The summed E-state index contributed by atoms with van der Waals surface area (Å²) in [5.74, 6) is -0.00418. The first-order chi connectivity index (χ1) is 14.8. The molecule has 0 bridgehead atoms. The van der Waals surface area contributed by atoms with Gasteiger partial charge in [-0.15, -0.1) is 0 Å². The third-order valence-electron chi connectivity index (χ3n) is 5.40. The first-order valence-electron chi connectivity index (χ1n) is 9.96. The summed E-state index contributed by atoms with van der Waals surface area (Å²) >= 11 is 5.87. The predicted molar refractivity (Wildman–Crippen MR) is 116 cm³/mol. The SMILES string of the molecule is CCC1Oc2ccc(S(=O)(=O)N3CCN(C(=O)c4ccc(Cl)cc4)CC3)cc2NC1=O. The van der Waals surface area contributed by atoms with Crippen LogP contribution in [0, 0.1) is 0 Å². The standard InChI is InChI=1S/C21H22ClN3O5S/c1-2-18-20(26)23-17-13-16(7-8-19(17)30-18)31(28,29)25-11-9-24(10-12-25)21(27)14-3-5-15(22)6-4-14/h3-8,13,18H,2,9-12H2,1H3,(H,23,26). The van der Waals surface area contributed by atoms with E-state index < -0.39 is 16.1 Å². The Hall–Kier alpha value is -2.62. The van der Waals surface area contributed by atoms with Crippen molar-refractivity contribution in [2.24, 2.45) is 0 Å². The largest absolute Gasteiger partial charge is 0.478 e. The van der Waals surface area contributed by atoms with Crippen LogP contribution in [-0.4, -0.2) is 61.7 Å². The fraction of sp³-hybridized carbons (Fsp3) is 0.333. The van der Waals surface area contributed by atoms with E-state index in [2.05, 4.69) is 5.32 Å². The summed E-state index contributed by atoms with van der Waals surface area (Å²) in [4.78, 5) is 26.4. The summed E-state index contributed by atoms with van der Waals surface area (Å²) in [6.07, 6.45) is -0.0640. The summed E-state index contributed by atoms with van der Waals surface area (Å²) in [6.45, 7) is 2.76. The van der Waals surface area contributed by atoms with E-state index >= 15 is 0 Å². The van der Waals surface area contributed by atoms with Crippen LogP contribution in [0.15, 0.2) is 47.4 Å². The van der Waals surface area contributed by atoms with E-state index in [1.807, 2.05) is 6.92 Å². The molecule has 2 aliphatic rings. The molecule has 8 nitrogen and oxygen atoms in total. The van der Waals surface area contributed by atoms with Crippen LogP contribution in [0.5, 0.6) is 5.75 Å². The molecule has 4 rings (SSSR count). The van der Waals surface area contributed by atoms with Crippen molar-refractivity contribution < 1.29 is 22.7 Å². The van der Waals surface area contributed by atoms with Gasteiger partial charge in [-0.1, -0.05) is 18.5 Å². The molecule has 0 radical (unpaired) electrons. The molecule has 2 aromatic carbocycles. The van der Waals surface area contributed by atoms with E-state index in [9.17, 15) is 18.0 Å². The Bertz CT molecular complexity index is 1110. The number of benzene rings is 2. The Morgan fingerprint density at radius 1 is 1.13 bits per heavy atom. The van der Waals surface area contributed by atoms with Crippen molar-refractivity contribution in [3.8, 4) is 5.75 Å². The third-order valence-corrected chi connectivity index (χ3v) is 7.54. The number of anilines is 1. The first-order valence-corrected chi connectivity index (χ1v) is 11.8. The molecule has 2 aromatic rings. The van der Waals surface area contributed by atoms with Gasteiger partial charge >= 0.3 is 0 Å². The maximum absolute atomic E-state index is 13.1. The molecular formula is C21H22ClN3O5S. The van der Waals surface area contributed by atoms with E-state index in [0.29, 0.717) is 28.4 Å². The summed E-state index contributed by atoms with van der Waals surface area (Å²) in [5, 5.41) is 3.26. The molecule has 1 fully saturated rings. The predicted octanol–water partition coefficient (Wildman–Crippen LogP) is 2.60. The molecule has 0 aromatic heterocycles. The summed E-state index contributed by atoms with van der Waals surface area (Å²) in [5.41, 5.74) is 0.851. The van der Waals surface area contributed by atoms with Crippen molar-refractivity contribution in [1.82, 2.24) is 9.21 Å². The molecular weight excluding hydrogens is 442 g/mol. The number of hydrogen-bond donors (Lipinski definition) is 1. The smallest absolute Gasteiger partial charge is 0.265 e. The van der Waals surface area contributed by atoms with Crippen LogP contribution in [-0.2, 0) is 14.8 Å². The van der Waals surface area contributed by atoms with E-state index in [1.165, 1.54) is 16.4 Å². The number of carbonyl (C=O) groups excluding carboxylic acids is 2. The van der Waals surface area contributed by atoms with Gasteiger partial charge in [0.1, 0.15) is 5.75 Å². The van der Waals surface area contributed by atoms with Crippen LogP contribution >= 0.6 is 11.6 Å². The maximum Gasteiger partial charge on any atom is 0.265 e. The van der Waals surface area contributed by atoms with Crippen molar-refractivity contribution in [2.45, 2.75) is 24.3 Å². The number of hydrogen-bond acceptors (Lipinski definition) is 5. The molecule has 10 heteroatoms. The molecule has 1 saturated heterocycles. The Labute approximate surface area is 185 Å². The number of fused-ring (bicyclic) bond motifs is 1. The fourth-order valence-electron chi connectivity index (χ4n) is 3.61. The van der Waals surface area contributed by atoms with Gasteiger partial charge < -0.3 is 15.0 Å². The molecule has 2 aliphatic heterocycles. The zero-order chi connectivity index (χ0) is 22.2. The highest BCUT2D eigenvalue weighted by atomic mass is 35.5. The minimum Gasteiger partial charge on any atom is -0.478 e. The fourth-order valence-corrected chi connectivity index (χ4v) is 5.19. The van der Waals surface area contributed by atoms with Gasteiger partial charge in [-0.05, 0) is 48.9 Å². The van der Waals surface area contributed by atoms with E-state index in [4.69, 9.17) is 16.3 Å². The van der Waals surface area contributed by atoms with Crippen LogP contribution in [0.2, 0.25) is 5.02 Å². The van der Waals surface area contributed by atoms with Crippen molar-refractivity contribution in [3.05, 3.63) is 53.1 Å². The second-order valence-electron chi connectivity index (χ2n) is 7.37. The Morgan fingerprint density at radius 3 is 2.45 bits per heavy atom. The number of carbonyl (C=O) groups is 2. The summed E-state index contributed by atoms with van der Waals surface area (Å²) in [6, 6.07) is 11.1. The average molecular weight is 464 g/mol. The third kappa shape index (κ3) is 4.26. The molecule has 0 spiro atoms. The van der Waals surface area contributed by atoms with Crippen molar-refractivity contribution >= 4 is 39.1 Å². The normalized spacial score (nSPS) is 19.4. The van der Waals surface area contributed by atoms with Crippen molar-refractivity contribution in [1.29, 1.82) is 0 Å². The average Bonchev–Trinajstić information content (AvgIpc) is 2.78. The van der Waals surface area contributed by atoms with E-state index in [-0.39, 0.29) is 42.9 Å². The lowest BCUT2D eigenvalue weighted by molar-refractivity contribution is -0.123. The zero-order valence-corrected chi connectivity index (χ0v) is 18.4. The number of rotatable bonds is 4. The Balaban J connectivity index is 1.46. The van der Waals surface area contributed by atoms with Crippen LogP contribution in [0.3, 0.4) is 0 Å². The topological polar surface area (TPSA) is 96.0 Å². The maximum atomic E-state index is 13.1. The van der Waals surface area contributed by atoms with Gasteiger partial charge in [0, 0.05) is 36.8 Å². The molecule has 1 N–H and O–H groups in total. The lowest BCUT2D eigenvalue weighted by Gasteiger charge is -2.34. The summed E-state index contributed by atoms with van der Waals surface area (Å²) in [7, 11) is -3.78. The number of halogens is 1. The van der Waals surface area contributed by atoms with Gasteiger partial charge in [-0.3, -0.25) is 9.59 Å². The second-order valence-corrected chi connectivity index (χ2v) is 9.74. The molecule has 164 valence electrons. The van der Waals surface area contributed by atoms with Crippen LogP contribution in [0.4, 0.5) is 5.69 Å². The van der Waals surface area contributed by atoms with Gasteiger partial charge in [0.15, 0.2) is 6.10 Å². The van der Waals surface area contributed by atoms with E-state index in [0.717, 1.165) is 0 Å². The second kappa shape index (κ2) is 8.49. The minimum atomic E-state index is -3.78. The highest BCUT2D eigenvalue weighted by molar-refractivity contribution is 7.89. The summed E-state index contributed by atoms with van der Waals surface area (Å²) < 4.78 is 33.2. The molecule has 2 amide bonds. The Kier molecular flexibility index (Phi) is 5.92. The van der Waals surface area contributed by atoms with Crippen molar-refractivity contribution in [2.75, 3.05) is 31.5 Å². The molecule has 0 aliphatic carbocycles. The first kappa shape index (κ1) is 21.6. The number of sulfonamides is 1. The zero-order valence-electron chi connectivity index (χ0n) is 16.9. The van der Waals surface area contributed by atoms with E-state index in [1.54, 1.807) is 35.2 Å². The Morgan fingerprint density at radius 2 is 1.81 bits per heavy atom. The number of ether oxygens (including phenoxy) is 1. The van der Waals surface area contributed by atoms with Crippen LogP contribution in [0.25, 0.3) is 0 Å². The van der Waals surface area contributed by atoms with Crippen molar-refractivity contribution in [3.63, 3.8) is 0 Å². The van der Waals surface area contributed by atoms with Gasteiger partial charge in [-0.25, -0.2) is 8.42 Å². The van der Waals surface area contributed by atoms with Crippen LogP contribution in [0.1, 0.15) is 23.7 Å². The van der Waals surface area contributed by atoms with Gasteiger partial charge in [-0.2, -0.15) is 4.31 Å². The molecule has 2 heterocycles. The lowest BCUT2D eigenvalue weighted by Crippen LogP contribution is -2.50. The van der Waals surface area contributed by atoms with Gasteiger partial charge in [0.2, 0.25) is 10.0 Å². The highest BCUT2D eigenvalue weighted by Gasteiger charge is 2.32. The number of nitrogens with one attached hydrogen (secondary N) is 1. The lowest BCUT2D eigenvalue weighted by atomic mass is 10.2. The number of piperazine rings is 1. The molecule has 1 unspecified atom stereocenters. The minimum absolute atomic E-state index is 0.0718. The van der Waals surface area contributed by atoms with Gasteiger partial charge in [0.05, 0.1) is 10.6 Å². The molecule has 1 atom stereocenters. The monoisotopic (exact) mass is 463 g/mol. The van der Waals surface area contributed by atoms with Gasteiger partial charge in [0.25, 0.3) is 11.8 Å². The molecule has 0 saturated carbocycles. The van der Waals surface area contributed by atoms with Crippen LogP contribution < -0.4 is 10.1 Å². The quantitative estimate of drug-likeness (QED) is 0.751. The molecule has 31 heavy (non-hydrogen) atoms.